The number of hydrogen-bond donors (Lipinski definition) is 12. The molecule has 412 valence electrons. The number of rotatable bonds is 11. The molecule has 22 nitrogen and oxygen atoms in total. The second kappa shape index (κ2) is 20.3. The fourth-order valence-electron chi connectivity index (χ4n) is 15.1. The molecule has 9 fully saturated rings. The summed E-state index contributed by atoms with van der Waals surface area (Å²) in [6.07, 6.45) is -21.0. The zero-order valence-electron chi connectivity index (χ0n) is 41.7. The molecule has 10 aliphatic rings. The summed E-state index contributed by atoms with van der Waals surface area (Å²) in [5, 5.41) is 130. The number of aliphatic hydroxyl groups is 12. The van der Waals surface area contributed by atoms with Crippen molar-refractivity contribution in [3.63, 3.8) is 0 Å². The van der Waals surface area contributed by atoms with Gasteiger partial charge in [-0.25, -0.2) is 0 Å². The van der Waals surface area contributed by atoms with Crippen LogP contribution in [0.15, 0.2) is 11.6 Å². The van der Waals surface area contributed by atoms with Gasteiger partial charge < -0.3 is 109 Å². The maximum Gasteiger partial charge on any atom is 0.187 e. The predicted molar refractivity (Wildman–Crippen MR) is 242 cm³/mol. The van der Waals surface area contributed by atoms with Crippen LogP contribution < -0.4 is 0 Å². The van der Waals surface area contributed by atoms with E-state index in [0.717, 1.165) is 44.9 Å². The summed E-state index contributed by atoms with van der Waals surface area (Å²) < 4.78 is 61.1. The summed E-state index contributed by atoms with van der Waals surface area (Å²) in [5.41, 5.74) is -0.258. The molecule has 0 aromatic heterocycles. The maximum atomic E-state index is 12.9. The molecule has 0 aromatic carbocycles. The van der Waals surface area contributed by atoms with E-state index in [1.54, 1.807) is 0 Å². The van der Waals surface area contributed by atoms with Crippen LogP contribution in [0.1, 0.15) is 92.4 Å². The number of fused-ring (bicyclic) bond motifs is 7. The lowest BCUT2D eigenvalue weighted by Gasteiger charge is -2.60. The first-order chi connectivity index (χ1) is 34.1. The van der Waals surface area contributed by atoms with E-state index < -0.39 is 154 Å². The second-order valence-corrected chi connectivity index (χ2v) is 23.5. The fourth-order valence-corrected chi connectivity index (χ4v) is 15.1. The van der Waals surface area contributed by atoms with Gasteiger partial charge >= 0.3 is 0 Å². The van der Waals surface area contributed by atoms with Gasteiger partial charge in [-0.15, -0.1) is 0 Å². The topological polar surface area (TPSA) is 335 Å². The minimum atomic E-state index is -1.79. The van der Waals surface area contributed by atoms with Crippen molar-refractivity contribution in [2.45, 2.75) is 233 Å². The maximum absolute atomic E-state index is 12.9. The van der Waals surface area contributed by atoms with Gasteiger partial charge in [0.15, 0.2) is 30.9 Å². The summed E-state index contributed by atoms with van der Waals surface area (Å²) in [6.45, 7) is 9.05. The molecular formula is C50H80O22. The fraction of sp³-hybridized carbons (Fsp3) is 0.960. The third-order valence-corrected chi connectivity index (χ3v) is 19.7. The first-order valence-corrected chi connectivity index (χ1v) is 26.4. The van der Waals surface area contributed by atoms with Gasteiger partial charge in [0.2, 0.25) is 0 Å². The molecule has 12 N–H and O–H groups in total. The monoisotopic (exact) mass is 1030 g/mol. The Morgan fingerprint density at radius 1 is 0.625 bits per heavy atom. The largest absolute Gasteiger partial charge is 0.394 e. The predicted octanol–water partition coefficient (Wildman–Crippen LogP) is -2.21. The van der Waals surface area contributed by atoms with Crippen LogP contribution in [0.3, 0.4) is 0 Å². The standard InChI is InChI=1S/C50H80O22/c1-20-8-13-49(64-18-20)22(3)50(62)31(72-49)15-27-25-7-6-23-14-24(9-11-47(23,4)26(25)10-12-48(27,50)5)66-46-42(71-44-39(60)35(56)32(53)21(2)65-44)40(61)41(29(17-52)68-46)70-45-37(58)34(55)30(69-45)19-63-43-38(59)36(57)33(54)28(16-51)67-43/h6,20-22,24-46,51-62H,7-19H2,1-5H3/t20-,21+,22-,24+,25-,26+,27+,28-,29-,30+,31+,32+,33-,34+,35-,36+,37-,38-,39-,40+,41-,42-,43-,44+,45+,46-,47+,48+,49-,50-/m1/s1. The van der Waals surface area contributed by atoms with Crippen LogP contribution in [-0.2, 0) is 47.4 Å². The summed E-state index contributed by atoms with van der Waals surface area (Å²) in [6, 6.07) is 0. The van der Waals surface area contributed by atoms with Gasteiger partial charge in [-0.2, -0.15) is 0 Å². The Bertz CT molecular complexity index is 1920. The first kappa shape index (κ1) is 54.2. The van der Waals surface area contributed by atoms with Crippen LogP contribution in [0.2, 0.25) is 0 Å². The molecule has 0 amide bonds. The minimum Gasteiger partial charge on any atom is -0.394 e. The molecule has 0 bridgehead atoms. The third kappa shape index (κ3) is 8.70. The molecule has 0 unspecified atom stereocenters. The Hall–Kier alpha value is -1.14. The highest BCUT2D eigenvalue weighted by atomic mass is 16.8. The van der Waals surface area contributed by atoms with Crippen LogP contribution in [0.25, 0.3) is 0 Å². The highest BCUT2D eigenvalue weighted by molar-refractivity contribution is 5.29. The summed E-state index contributed by atoms with van der Waals surface area (Å²) in [4.78, 5) is 0. The summed E-state index contributed by atoms with van der Waals surface area (Å²) >= 11 is 0. The van der Waals surface area contributed by atoms with Crippen molar-refractivity contribution in [3.8, 4) is 0 Å². The molecule has 6 saturated heterocycles. The molecule has 10 rings (SSSR count). The Morgan fingerprint density at radius 3 is 1.97 bits per heavy atom. The van der Waals surface area contributed by atoms with E-state index in [2.05, 4.69) is 33.8 Å². The molecule has 1 spiro atoms. The van der Waals surface area contributed by atoms with Crippen molar-refractivity contribution in [2.75, 3.05) is 26.4 Å². The van der Waals surface area contributed by atoms with Crippen molar-refractivity contribution >= 4 is 0 Å². The molecule has 3 saturated carbocycles. The number of hydrogen-bond acceptors (Lipinski definition) is 22. The normalized spacial score (nSPS) is 57.6. The van der Waals surface area contributed by atoms with Crippen LogP contribution in [-0.4, -0.2) is 228 Å². The number of ether oxygens (including phenoxy) is 10. The highest BCUT2D eigenvalue weighted by Crippen LogP contribution is 2.72. The third-order valence-electron chi connectivity index (χ3n) is 19.7. The lowest BCUT2D eigenvalue weighted by atomic mass is 9.46. The van der Waals surface area contributed by atoms with Gasteiger partial charge in [-0.1, -0.05) is 39.3 Å². The van der Waals surface area contributed by atoms with Gasteiger partial charge in [0.25, 0.3) is 0 Å². The highest BCUT2D eigenvalue weighted by Gasteiger charge is 2.76. The van der Waals surface area contributed by atoms with Crippen molar-refractivity contribution in [1.29, 1.82) is 0 Å². The molecule has 6 heterocycles. The van der Waals surface area contributed by atoms with Crippen LogP contribution in [0, 0.1) is 40.4 Å². The van der Waals surface area contributed by atoms with E-state index in [1.807, 2.05) is 0 Å². The zero-order valence-corrected chi connectivity index (χ0v) is 41.7. The Labute approximate surface area is 419 Å². The van der Waals surface area contributed by atoms with Crippen molar-refractivity contribution in [2.24, 2.45) is 40.4 Å². The Morgan fingerprint density at radius 2 is 1.26 bits per heavy atom. The van der Waals surface area contributed by atoms with Gasteiger partial charge in [-0.05, 0) is 87.4 Å². The van der Waals surface area contributed by atoms with Crippen molar-refractivity contribution in [1.82, 2.24) is 0 Å². The summed E-state index contributed by atoms with van der Waals surface area (Å²) in [7, 11) is 0. The van der Waals surface area contributed by atoms with Crippen molar-refractivity contribution < 1.29 is 109 Å². The quantitative estimate of drug-likeness (QED) is 0.0977. The van der Waals surface area contributed by atoms with E-state index in [0.29, 0.717) is 37.2 Å². The molecular weight excluding hydrogens is 953 g/mol. The van der Waals surface area contributed by atoms with E-state index >= 15 is 0 Å². The average Bonchev–Trinajstić information content (AvgIpc) is 3.85. The van der Waals surface area contributed by atoms with Crippen LogP contribution in [0.4, 0.5) is 0 Å². The van der Waals surface area contributed by atoms with Gasteiger partial charge in [0, 0.05) is 17.8 Å². The average molecular weight is 1030 g/mol. The first-order valence-electron chi connectivity index (χ1n) is 26.4. The summed E-state index contributed by atoms with van der Waals surface area (Å²) in [5.74, 6) is 0.498. The molecule has 30 atom stereocenters. The van der Waals surface area contributed by atoms with Crippen molar-refractivity contribution in [3.05, 3.63) is 11.6 Å². The Kier molecular flexibility index (Phi) is 15.3. The second-order valence-electron chi connectivity index (χ2n) is 23.5. The van der Waals surface area contributed by atoms with Gasteiger partial charge in [0.1, 0.15) is 91.1 Å². The molecule has 0 radical (unpaired) electrons. The molecule has 72 heavy (non-hydrogen) atoms. The smallest absolute Gasteiger partial charge is 0.187 e. The van der Waals surface area contributed by atoms with Crippen LogP contribution in [0.5, 0.6) is 0 Å². The van der Waals surface area contributed by atoms with E-state index in [4.69, 9.17) is 47.4 Å². The lowest BCUT2D eigenvalue weighted by Crippen LogP contribution is -2.65. The van der Waals surface area contributed by atoms with E-state index in [-0.39, 0.29) is 28.8 Å². The van der Waals surface area contributed by atoms with Crippen LogP contribution >= 0.6 is 0 Å². The zero-order chi connectivity index (χ0) is 51.6. The molecule has 0 aromatic rings. The molecule has 4 aliphatic carbocycles. The van der Waals surface area contributed by atoms with Gasteiger partial charge in [0.05, 0.1) is 44.7 Å². The van der Waals surface area contributed by atoms with E-state index in [1.165, 1.54) is 12.5 Å². The lowest BCUT2D eigenvalue weighted by molar-refractivity contribution is -0.380. The van der Waals surface area contributed by atoms with E-state index in [9.17, 15) is 61.3 Å². The Balaban J connectivity index is 0.832. The molecule has 6 aliphatic heterocycles. The SMILES string of the molecule is C[C@@H]1CC[C@@]2(OC1)O[C@H]1C[C@H]3[C@@H]4CC=C5C[C@@H](O[C@@H]6O[C@H](CO)[C@@H](O[C@@H]7O[C@@H](CO[C@@H]8O[C@H](CO)[C@@H](O)[C@H](O)[C@H]8O)[C@H](O)[C@H]7O)[C@H](O)[C@H]6O[C@@H]6O[C@@H](C)[C@H](O)[C@@H](O)[C@H]6O)CC[C@]5(C)[C@H]4CC[C@]3(C)[C@@]1(O)[C@@H]2C. The van der Waals surface area contributed by atoms with Gasteiger partial charge in [-0.3, -0.25) is 0 Å². The number of allylic oxidation sites excluding steroid dienone is 1. The minimum absolute atomic E-state index is 0.159. The molecule has 22 heteroatoms. The number of aliphatic hydroxyl groups excluding tert-OH is 11.